The number of thiophene rings is 1. The fourth-order valence-electron chi connectivity index (χ4n) is 0.851. The van der Waals surface area contributed by atoms with E-state index in [4.69, 9.17) is 5.73 Å². The van der Waals surface area contributed by atoms with E-state index in [1.807, 2.05) is 0 Å². The van der Waals surface area contributed by atoms with Crippen LogP contribution in [0.15, 0.2) is 22.0 Å². The number of hydrogen-bond donors (Lipinski definition) is 1. The summed E-state index contributed by atoms with van der Waals surface area (Å²) < 4.78 is 1.16. The van der Waals surface area contributed by atoms with Crippen molar-refractivity contribution >= 4 is 33.3 Å². The summed E-state index contributed by atoms with van der Waals surface area (Å²) in [6.07, 6.45) is 6.46. The van der Waals surface area contributed by atoms with Crippen molar-refractivity contribution < 1.29 is 0 Å². The highest BCUT2D eigenvalue weighted by Crippen LogP contribution is 2.20. The van der Waals surface area contributed by atoms with Crippen molar-refractivity contribution in [2.45, 2.75) is 12.8 Å². The highest BCUT2D eigenvalue weighted by atomic mass is 79.9. The molecule has 0 bridgehead atoms. The lowest BCUT2D eigenvalue weighted by Gasteiger charge is -1.87. The van der Waals surface area contributed by atoms with Crippen molar-refractivity contribution in [2.24, 2.45) is 5.73 Å². The predicted molar refractivity (Wildman–Crippen MR) is 59.3 cm³/mol. The second-order valence-electron chi connectivity index (χ2n) is 2.50. The molecule has 0 aromatic carbocycles. The molecule has 0 saturated heterocycles. The quantitative estimate of drug-likeness (QED) is 0.811. The van der Waals surface area contributed by atoms with Crippen LogP contribution in [0.3, 0.4) is 0 Å². The van der Waals surface area contributed by atoms with Crippen LogP contribution >= 0.6 is 27.3 Å². The summed E-state index contributed by atoms with van der Waals surface area (Å²) in [7, 11) is 0. The molecule has 0 fully saturated rings. The number of allylic oxidation sites excluding steroid dienone is 1. The minimum atomic E-state index is 0.776. The number of halogens is 1. The van der Waals surface area contributed by atoms with Crippen LogP contribution in [0.25, 0.3) is 6.08 Å². The third-order valence-electron chi connectivity index (χ3n) is 1.44. The summed E-state index contributed by atoms with van der Waals surface area (Å²) in [6.45, 7) is 0.776. The van der Waals surface area contributed by atoms with E-state index in [2.05, 4.69) is 39.5 Å². The van der Waals surface area contributed by atoms with Gasteiger partial charge in [-0.3, -0.25) is 0 Å². The zero-order chi connectivity index (χ0) is 8.81. The Kier molecular flexibility index (Phi) is 4.58. The van der Waals surface area contributed by atoms with E-state index in [0.717, 1.165) is 23.9 Å². The van der Waals surface area contributed by atoms with Crippen LogP contribution in [0, 0.1) is 0 Å². The molecule has 0 radical (unpaired) electrons. The van der Waals surface area contributed by atoms with Crippen LogP contribution in [0.1, 0.15) is 17.7 Å². The van der Waals surface area contributed by atoms with Crippen molar-refractivity contribution in [3.63, 3.8) is 0 Å². The van der Waals surface area contributed by atoms with Gasteiger partial charge in [-0.2, -0.15) is 0 Å². The van der Waals surface area contributed by atoms with E-state index in [1.165, 1.54) is 4.88 Å². The molecule has 0 aliphatic carbocycles. The third kappa shape index (κ3) is 3.52. The van der Waals surface area contributed by atoms with Gasteiger partial charge in [-0.15, -0.1) is 11.3 Å². The molecule has 0 atom stereocenters. The Morgan fingerprint density at radius 3 is 3.00 bits per heavy atom. The van der Waals surface area contributed by atoms with Crippen LogP contribution in [0.4, 0.5) is 0 Å². The molecule has 1 rings (SSSR count). The first-order valence-electron chi connectivity index (χ1n) is 3.93. The van der Waals surface area contributed by atoms with Gasteiger partial charge in [0.1, 0.15) is 0 Å². The van der Waals surface area contributed by atoms with Crippen LogP contribution in [0.5, 0.6) is 0 Å². The number of nitrogens with two attached hydrogens (primary N) is 1. The standard InChI is InChI=1S/C9H12BrNS/c10-8-6-9(12-7-8)4-2-1-3-5-11/h2,4,6-7H,1,3,5,11H2/b4-2+. The lowest BCUT2D eigenvalue weighted by Crippen LogP contribution is -1.96. The van der Waals surface area contributed by atoms with Gasteiger partial charge in [-0.1, -0.05) is 6.08 Å². The first-order valence-corrected chi connectivity index (χ1v) is 5.61. The van der Waals surface area contributed by atoms with Gasteiger partial charge in [0.25, 0.3) is 0 Å². The number of unbranched alkanes of at least 4 members (excludes halogenated alkanes) is 1. The molecule has 12 heavy (non-hydrogen) atoms. The molecule has 0 aliphatic rings. The second kappa shape index (κ2) is 5.51. The van der Waals surface area contributed by atoms with E-state index < -0.39 is 0 Å². The Bertz CT molecular complexity index is 255. The van der Waals surface area contributed by atoms with Crippen LogP contribution in [0.2, 0.25) is 0 Å². The average Bonchev–Trinajstić information content (AvgIpc) is 2.45. The normalized spacial score (nSPS) is 11.2. The molecule has 0 amide bonds. The molecule has 2 N–H and O–H groups in total. The molecule has 1 aromatic heterocycles. The Labute approximate surface area is 85.4 Å². The van der Waals surface area contributed by atoms with Gasteiger partial charge in [0.15, 0.2) is 0 Å². The summed E-state index contributed by atoms with van der Waals surface area (Å²) in [5.41, 5.74) is 5.37. The topological polar surface area (TPSA) is 26.0 Å². The Morgan fingerprint density at radius 2 is 2.42 bits per heavy atom. The number of hydrogen-bond acceptors (Lipinski definition) is 2. The van der Waals surface area contributed by atoms with Gasteiger partial charge in [0.2, 0.25) is 0 Å². The minimum Gasteiger partial charge on any atom is -0.330 e. The largest absolute Gasteiger partial charge is 0.330 e. The van der Waals surface area contributed by atoms with Gasteiger partial charge < -0.3 is 5.73 Å². The zero-order valence-electron chi connectivity index (χ0n) is 6.79. The SMILES string of the molecule is NCCC/C=C/c1cc(Br)cs1. The molecule has 0 spiro atoms. The van der Waals surface area contributed by atoms with Gasteiger partial charge in [0, 0.05) is 14.7 Å². The highest BCUT2D eigenvalue weighted by Gasteiger charge is 1.90. The molecule has 1 heterocycles. The van der Waals surface area contributed by atoms with E-state index in [1.54, 1.807) is 11.3 Å². The maximum absolute atomic E-state index is 5.37. The van der Waals surface area contributed by atoms with Crippen LogP contribution in [-0.2, 0) is 0 Å². The minimum absolute atomic E-state index is 0.776. The summed E-state index contributed by atoms with van der Waals surface area (Å²) >= 11 is 5.15. The predicted octanol–water partition coefficient (Wildman–Crippen LogP) is 3.26. The number of rotatable bonds is 4. The molecule has 66 valence electrons. The highest BCUT2D eigenvalue weighted by molar-refractivity contribution is 9.10. The van der Waals surface area contributed by atoms with E-state index in [-0.39, 0.29) is 0 Å². The maximum Gasteiger partial charge on any atom is 0.0288 e. The first-order chi connectivity index (χ1) is 5.83. The van der Waals surface area contributed by atoms with Crippen LogP contribution < -0.4 is 5.73 Å². The van der Waals surface area contributed by atoms with Crippen molar-refractivity contribution in [1.82, 2.24) is 0 Å². The lowest BCUT2D eigenvalue weighted by atomic mass is 10.3. The van der Waals surface area contributed by atoms with Crippen LogP contribution in [-0.4, -0.2) is 6.54 Å². The maximum atomic E-state index is 5.37. The molecule has 1 nitrogen and oxygen atoms in total. The lowest BCUT2D eigenvalue weighted by molar-refractivity contribution is 0.857. The summed E-state index contributed by atoms with van der Waals surface area (Å²) in [4.78, 5) is 1.29. The fourth-order valence-corrected chi connectivity index (χ4v) is 2.22. The molecular weight excluding hydrogens is 234 g/mol. The molecular formula is C9H12BrNS. The second-order valence-corrected chi connectivity index (χ2v) is 4.36. The summed E-state index contributed by atoms with van der Waals surface area (Å²) in [5, 5.41) is 2.09. The van der Waals surface area contributed by atoms with Crippen molar-refractivity contribution in [2.75, 3.05) is 6.54 Å². The van der Waals surface area contributed by atoms with E-state index in [9.17, 15) is 0 Å². The van der Waals surface area contributed by atoms with Gasteiger partial charge in [0.05, 0.1) is 0 Å². The van der Waals surface area contributed by atoms with Crippen molar-refractivity contribution in [1.29, 1.82) is 0 Å². The van der Waals surface area contributed by atoms with Gasteiger partial charge in [-0.05, 0) is 47.5 Å². The monoisotopic (exact) mass is 245 g/mol. The molecule has 0 unspecified atom stereocenters. The molecule has 0 saturated carbocycles. The molecule has 1 aromatic rings. The third-order valence-corrected chi connectivity index (χ3v) is 3.10. The first kappa shape index (κ1) is 9.96. The Balaban J connectivity index is 2.36. The summed E-state index contributed by atoms with van der Waals surface area (Å²) in [5.74, 6) is 0. The Hall–Kier alpha value is -0.120. The van der Waals surface area contributed by atoms with Crippen molar-refractivity contribution in [3.8, 4) is 0 Å². The van der Waals surface area contributed by atoms with Gasteiger partial charge >= 0.3 is 0 Å². The molecule has 0 aliphatic heterocycles. The van der Waals surface area contributed by atoms with E-state index in [0.29, 0.717) is 0 Å². The zero-order valence-corrected chi connectivity index (χ0v) is 9.20. The smallest absolute Gasteiger partial charge is 0.0288 e. The summed E-state index contributed by atoms with van der Waals surface area (Å²) in [6, 6.07) is 2.11. The molecule has 3 heteroatoms. The average molecular weight is 246 g/mol. The Morgan fingerprint density at radius 1 is 1.58 bits per heavy atom. The van der Waals surface area contributed by atoms with Crippen molar-refractivity contribution in [3.05, 3.63) is 26.9 Å². The van der Waals surface area contributed by atoms with Gasteiger partial charge in [-0.25, -0.2) is 0 Å². The fraction of sp³-hybridized carbons (Fsp3) is 0.333. The van der Waals surface area contributed by atoms with E-state index >= 15 is 0 Å².